The number of hydrogen-bond acceptors (Lipinski definition) is 2. The van der Waals surface area contributed by atoms with E-state index in [-0.39, 0.29) is 5.69 Å². The highest BCUT2D eigenvalue weighted by atomic mass is 79.9. The van der Waals surface area contributed by atoms with Gasteiger partial charge >= 0.3 is 0 Å². The highest BCUT2D eigenvalue weighted by Gasteiger charge is 2.21. The summed E-state index contributed by atoms with van der Waals surface area (Å²) in [5.74, 6) is 0. The molecule has 0 saturated heterocycles. The molecular weight excluding hydrogens is 328 g/mol. The van der Waals surface area contributed by atoms with Gasteiger partial charge in [0.15, 0.2) is 0 Å². The molecule has 0 atom stereocenters. The lowest BCUT2D eigenvalue weighted by Gasteiger charge is -2.10. The lowest BCUT2D eigenvalue weighted by molar-refractivity contribution is 0.141. The van der Waals surface area contributed by atoms with Gasteiger partial charge in [-0.1, -0.05) is 19.1 Å². The molecular formula is C14H16BrF2N3. The number of aromatic nitrogens is 2. The summed E-state index contributed by atoms with van der Waals surface area (Å²) in [6.45, 7) is 3.23. The molecule has 0 fully saturated rings. The van der Waals surface area contributed by atoms with Crippen LogP contribution in [0, 0.1) is 0 Å². The number of alkyl halides is 2. The van der Waals surface area contributed by atoms with Crippen LogP contribution in [-0.4, -0.2) is 16.3 Å². The second-order valence-electron chi connectivity index (χ2n) is 4.40. The molecule has 3 nitrogen and oxygen atoms in total. The Morgan fingerprint density at radius 3 is 2.75 bits per heavy atom. The molecule has 108 valence electrons. The van der Waals surface area contributed by atoms with Crippen LogP contribution in [0.15, 0.2) is 34.9 Å². The number of para-hydroxylation sites is 1. The zero-order valence-electron chi connectivity index (χ0n) is 11.1. The summed E-state index contributed by atoms with van der Waals surface area (Å²) in [4.78, 5) is 0. The molecule has 0 aliphatic heterocycles. The third-order valence-corrected chi connectivity index (χ3v) is 3.59. The van der Waals surface area contributed by atoms with E-state index in [4.69, 9.17) is 0 Å². The topological polar surface area (TPSA) is 29.9 Å². The quantitative estimate of drug-likeness (QED) is 0.801. The molecule has 1 N–H and O–H groups in total. The molecule has 6 heteroatoms. The first kappa shape index (κ1) is 15.1. The Morgan fingerprint density at radius 2 is 2.10 bits per heavy atom. The third kappa shape index (κ3) is 3.24. The zero-order valence-corrected chi connectivity index (χ0v) is 12.7. The van der Waals surface area contributed by atoms with Gasteiger partial charge in [0.05, 0.1) is 11.9 Å². The molecule has 2 rings (SSSR count). The van der Waals surface area contributed by atoms with Crippen molar-refractivity contribution in [2.45, 2.75) is 26.3 Å². The largest absolute Gasteiger partial charge is 0.313 e. The van der Waals surface area contributed by atoms with Crippen LogP contribution in [0.1, 0.15) is 31.0 Å². The Kier molecular flexibility index (Phi) is 5.25. The first-order valence-corrected chi connectivity index (χ1v) is 7.25. The van der Waals surface area contributed by atoms with Gasteiger partial charge in [-0.25, -0.2) is 13.5 Å². The molecule has 1 aromatic heterocycles. The van der Waals surface area contributed by atoms with Crippen LogP contribution in [0.3, 0.4) is 0 Å². The van der Waals surface area contributed by atoms with Gasteiger partial charge in [0.25, 0.3) is 6.43 Å². The monoisotopic (exact) mass is 343 g/mol. The molecule has 20 heavy (non-hydrogen) atoms. The average Bonchev–Trinajstić information content (AvgIpc) is 2.83. The maximum Gasteiger partial charge on any atom is 0.280 e. The van der Waals surface area contributed by atoms with E-state index in [2.05, 4.69) is 26.3 Å². The predicted octanol–water partition coefficient (Wildman–Crippen LogP) is 4.07. The van der Waals surface area contributed by atoms with Crippen LogP contribution in [-0.2, 0) is 6.54 Å². The maximum absolute atomic E-state index is 13.3. The first-order valence-electron chi connectivity index (χ1n) is 6.45. The van der Waals surface area contributed by atoms with Gasteiger partial charge in [0, 0.05) is 16.6 Å². The van der Waals surface area contributed by atoms with Crippen molar-refractivity contribution in [3.63, 3.8) is 0 Å². The van der Waals surface area contributed by atoms with Crippen molar-refractivity contribution in [1.82, 2.24) is 15.1 Å². The average molecular weight is 344 g/mol. The van der Waals surface area contributed by atoms with Crippen molar-refractivity contribution in [3.8, 4) is 5.69 Å². The summed E-state index contributed by atoms with van der Waals surface area (Å²) >= 11 is 3.37. The second-order valence-corrected chi connectivity index (χ2v) is 5.25. The second kappa shape index (κ2) is 6.95. The number of rotatable bonds is 6. The van der Waals surface area contributed by atoms with Crippen LogP contribution in [0.5, 0.6) is 0 Å². The fraction of sp³-hybridized carbons (Fsp3) is 0.357. The van der Waals surface area contributed by atoms with Gasteiger partial charge in [-0.3, -0.25) is 0 Å². The fourth-order valence-corrected chi connectivity index (χ4v) is 2.43. The van der Waals surface area contributed by atoms with Gasteiger partial charge in [0.1, 0.15) is 5.69 Å². The molecule has 0 unspecified atom stereocenters. The van der Waals surface area contributed by atoms with Gasteiger partial charge in [-0.15, -0.1) is 0 Å². The van der Waals surface area contributed by atoms with E-state index < -0.39 is 6.43 Å². The summed E-state index contributed by atoms with van der Waals surface area (Å²) in [6.07, 6.45) is -0.102. The van der Waals surface area contributed by atoms with E-state index in [1.807, 2.05) is 13.0 Å². The van der Waals surface area contributed by atoms with Crippen LogP contribution < -0.4 is 5.32 Å². The summed E-state index contributed by atoms with van der Waals surface area (Å²) in [5, 5.41) is 7.24. The van der Waals surface area contributed by atoms with Gasteiger partial charge < -0.3 is 5.32 Å². The first-order chi connectivity index (χ1) is 9.65. The molecule has 0 spiro atoms. The Bertz CT molecular complexity index is 569. The standard InChI is InChI=1S/C14H16BrF2N3/c1-2-7-18-8-10-9-19-20(13(10)14(16)17)12-6-4-3-5-11(12)15/h3-6,9,14,18H,2,7-8H2,1H3. The van der Waals surface area contributed by atoms with Crippen molar-refractivity contribution in [1.29, 1.82) is 0 Å². The minimum atomic E-state index is -2.57. The predicted molar refractivity (Wildman–Crippen MR) is 78.2 cm³/mol. The van der Waals surface area contributed by atoms with Crippen LogP contribution >= 0.6 is 15.9 Å². The minimum Gasteiger partial charge on any atom is -0.313 e. The molecule has 0 radical (unpaired) electrons. The smallest absolute Gasteiger partial charge is 0.280 e. The molecule has 1 aromatic carbocycles. The van der Waals surface area contributed by atoms with Gasteiger partial charge in [-0.2, -0.15) is 5.10 Å². The molecule has 2 aromatic rings. The Balaban J connectivity index is 2.37. The number of benzene rings is 1. The van der Waals surface area contributed by atoms with Crippen molar-refractivity contribution < 1.29 is 8.78 Å². The van der Waals surface area contributed by atoms with Crippen LogP contribution in [0.25, 0.3) is 5.69 Å². The normalized spacial score (nSPS) is 11.2. The summed E-state index contributed by atoms with van der Waals surface area (Å²) in [5.41, 5.74) is 1.09. The molecule has 0 amide bonds. The van der Waals surface area contributed by atoms with E-state index >= 15 is 0 Å². The van der Waals surface area contributed by atoms with E-state index in [0.717, 1.165) is 17.4 Å². The van der Waals surface area contributed by atoms with E-state index in [1.54, 1.807) is 18.2 Å². The lowest BCUT2D eigenvalue weighted by Crippen LogP contribution is -2.15. The number of nitrogens with one attached hydrogen (secondary N) is 1. The highest BCUT2D eigenvalue weighted by Crippen LogP contribution is 2.28. The van der Waals surface area contributed by atoms with Crippen molar-refractivity contribution >= 4 is 15.9 Å². The molecule has 0 saturated carbocycles. The van der Waals surface area contributed by atoms with Crippen LogP contribution in [0.4, 0.5) is 8.78 Å². The zero-order chi connectivity index (χ0) is 14.5. The molecule has 1 heterocycles. The summed E-state index contributed by atoms with van der Waals surface area (Å²) in [7, 11) is 0. The van der Waals surface area contributed by atoms with E-state index in [1.165, 1.54) is 10.9 Å². The van der Waals surface area contributed by atoms with Crippen molar-refractivity contribution in [2.24, 2.45) is 0 Å². The van der Waals surface area contributed by atoms with Gasteiger partial charge in [0.2, 0.25) is 0 Å². The number of halogens is 3. The third-order valence-electron chi connectivity index (χ3n) is 2.92. The van der Waals surface area contributed by atoms with Crippen molar-refractivity contribution in [2.75, 3.05) is 6.54 Å². The van der Waals surface area contributed by atoms with E-state index in [0.29, 0.717) is 17.8 Å². The molecule has 0 aliphatic rings. The number of nitrogens with zero attached hydrogens (tertiary/aromatic N) is 2. The molecule has 0 bridgehead atoms. The van der Waals surface area contributed by atoms with Gasteiger partial charge in [-0.05, 0) is 41.0 Å². The number of hydrogen-bond donors (Lipinski definition) is 1. The summed E-state index contributed by atoms with van der Waals surface area (Å²) < 4.78 is 28.7. The maximum atomic E-state index is 13.3. The Labute approximate surface area is 125 Å². The highest BCUT2D eigenvalue weighted by molar-refractivity contribution is 9.10. The SMILES string of the molecule is CCCNCc1cnn(-c2ccccc2Br)c1C(F)F. The summed E-state index contributed by atoms with van der Waals surface area (Å²) in [6, 6.07) is 7.20. The van der Waals surface area contributed by atoms with Crippen LogP contribution in [0.2, 0.25) is 0 Å². The molecule has 0 aliphatic carbocycles. The fourth-order valence-electron chi connectivity index (χ4n) is 1.98. The Morgan fingerprint density at radius 1 is 1.35 bits per heavy atom. The lowest BCUT2D eigenvalue weighted by atomic mass is 10.2. The van der Waals surface area contributed by atoms with Crippen molar-refractivity contribution in [3.05, 3.63) is 46.2 Å². The Hall–Kier alpha value is -1.27. The minimum absolute atomic E-state index is 0.0551. The van der Waals surface area contributed by atoms with E-state index in [9.17, 15) is 8.78 Å².